The fourth-order valence-electron chi connectivity index (χ4n) is 1.26. The molecule has 0 unspecified atom stereocenters. The third-order valence-electron chi connectivity index (χ3n) is 1.87. The van der Waals surface area contributed by atoms with E-state index in [4.69, 9.17) is 5.73 Å². The van der Waals surface area contributed by atoms with Gasteiger partial charge < -0.3 is 5.73 Å². The maximum absolute atomic E-state index is 13.4. The van der Waals surface area contributed by atoms with Gasteiger partial charge in [0.1, 0.15) is 17.5 Å². The predicted molar refractivity (Wildman–Crippen MR) is 56.1 cm³/mol. The average molecular weight is 274 g/mol. The summed E-state index contributed by atoms with van der Waals surface area (Å²) in [6, 6.07) is 3.72. The van der Waals surface area contributed by atoms with Gasteiger partial charge in [-0.1, -0.05) is 15.9 Å². The van der Waals surface area contributed by atoms with Crippen molar-refractivity contribution in [3.05, 3.63) is 34.3 Å². The predicted octanol–water partition coefficient (Wildman–Crippen LogP) is 2.70. The molecule has 1 heterocycles. The highest BCUT2D eigenvalue weighted by atomic mass is 79.9. The van der Waals surface area contributed by atoms with E-state index in [9.17, 15) is 8.78 Å². The second kappa shape index (κ2) is 3.62. The Balaban J connectivity index is 2.62. The van der Waals surface area contributed by atoms with Crippen LogP contribution in [0.15, 0.2) is 22.7 Å². The maximum atomic E-state index is 13.4. The maximum Gasteiger partial charge on any atom is 0.145 e. The lowest BCUT2D eigenvalue weighted by atomic mass is 10.1. The number of nitrogens with one attached hydrogen (secondary N) is 1. The van der Waals surface area contributed by atoms with Crippen LogP contribution in [0, 0.1) is 11.6 Å². The van der Waals surface area contributed by atoms with Crippen LogP contribution >= 0.6 is 15.9 Å². The zero-order chi connectivity index (χ0) is 11.0. The molecule has 3 N–H and O–H groups in total. The minimum absolute atomic E-state index is 0.164. The molecule has 78 valence electrons. The molecule has 2 rings (SSSR count). The standard InChI is InChI=1S/C9H6BrF2N3/c10-4-1-5(11)9(6(12)2-4)7-3-8(13)15-14-7/h1-3H,(H3,13,14,15). The van der Waals surface area contributed by atoms with Crippen molar-refractivity contribution < 1.29 is 8.78 Å². The molecule has 0 radical (unpaired) electrons. The summed E-state index contributed by atoms with van der Waals surface area (Å²) in [6.07, 6.45) is 0. The monoisotopic (exact) mass is 273 g/mol. The van der Waals surface area contributed by atoms with E-state index >= 15 is 0 Å². The highest BCUT2D eigenvalue weighted by molar-refractivity contribution is 9.10. The third-order valence-corrected chi connectivity index (χ3v) is 2.33. The summed E-state index contributed by atoms with van der Waals surface area (Å²) in [5.41, 5.74) is 5.40. The largest absolute Gasteiger partial charge is 0.382 e. The van der Waals surface area contributed by atoms with Crippen LogP contribution in [0.2, 0.25) is 0 Å². The highest BCUT2D eigenvalue weighted by Crippen LogP contribution is 2.28. The number of nitrogens with zero attached hydrogens (tertiary/aromatic N) is 1. The second-order valence-corrected chi connectivity index (χ2v) is 3.87. The van der Waals surface area contributed by atoms with Gasteiger partial charge in [-0.05, 0) is 12.1 Å². The topological polar surface area (TPSA) is 54.7 Å². The second-order valence-electron chi connectivity index (χ2n) is 2.95. The first-order chi connectivity index (χ1) is 7.08. The van der Waals surface area contributed by atoms with Gasteiger partial charge in [0.2, 0.25) is 0 Å². The smallest absolute Gasteiger partial charge is 0.145 e. The number of rotatable bonds is 1. The van der Waals surface area contributed by atoms with Gasteiger partial charge >= 0.3 is 0 Å². The van der Waals surface area contributed by atoms with Crippen molar-refractivity contribution in [2.24, 2.45) is 0 Å². The van der Waals surface area contributed by atoms with Crippen molar-refractivity contribution in [1.82, 2.24) is 10.2 Å². The molecule has 0 amide bonds. The number of H-pyrrole nitrogens is 1. The van der Waals surface area contributed by atoms with Crippen LogP contribution in [0.3, 0.4) is 0 Å². The number of anilines is 1. The van der Waals surface area contributed by atoms with E-state index in [1.807, 2.05) is 0 Å². The molecule has 6 heteroatoms. The van der Waals surface area contributed by atoms with E-state index < -0.39 is 11.6 Å². The number of nitrogen functional groups attached to an aromatic ring is 1. The van der Waals surface area contributed by atoms with Crippen molar-refractivity contribution in [3.8, 4) is 11.3 Å². The normalized spacial score (nSPS) is 10.6. The lowest BCUT2D eigenvalue weighted by molar-refractivity contribution is 0.587. The first kappa shape index (κ1) is 10.1. The molecule has 0 spiro atoms. The molecule has 0 aliphatic carbocycles. The summed E-state index contributed by atoms with van der Waals surface area (Å²) in [5, 5.41) is 6.06. The van der Waals surface area contributed by atoms with Crippen molar-refractivity contribution in [2.75, 3.05) is 5.73 Å². The molecule has 2 aromatic rings. The minimum Gasteiger partial charge on any atom is -0.382 e. The quantitative estimate of drug-likeness (QED) is 0.840. The number of hydrogen-bond donors (Lipinski definition) is 2. The zero-order valence-corrected chi connectivity index (χ0v) is 8.98. The molecule has 3 nitrogen and oxygen atoms in total. The molecule has 0 atom stereocenters. The number of nitrogens with two attached hydrogens (primary N) is 1. The molecule has 1 aromatic carbocycles. The molecule has 0 aliphatic heterocycles. The summed E-state index contributed by atoms with van der Waals surface area (Å²) in [4.78, 5) is 0. The van der Waals surface area contributed by atoms with E-state index in [2.05, 4.69) is 26.1 Å². The van der Waals surface area contributed by atoms with Crippen LogP contribution < -0.4 is 5.73 Å². The Morgan fingerprint density at radius 2 is 1.80 bits per heavy atom. The van der Waals surface area contributed by atoms with Crippen LogP contribution in [0.5, 0.6) is 0 Å². The van der Waals surface area contributed by atoms with Crippen LogP contribution in [0.25, 0.3) is 11.3 Å². The van der Waals surface area contributed by atoms with Gasteiger partial charge in [-0.3, -0.25) is 5.10 Å². The molecular weight excluding hydrogens is 268 g/mol. The van der Waals surface area contributed by atoms with E-state index in [-0.39, 0.29) is 17.1 Å². The first-order valence-electron chi connectivity index (χ1n) is 4.03. The van der Waals surface area contributed by atoms with Crippen molar-refractivity contribution in [3.63, 3.8) is 0 Å². The van der Waals surface area contributed by atoms with Crippen molar-refractivity contribution in [1.29, 1.82) is 0 Å². The van der Waals surface area contributed by atoms with Crippen LogP contribution in [0.4, 0.5) is 14.6 Å². The van der Waals surface area contributed by atoms with Gasteiger partial charge in [-0.2, -0.15) is 5.10 Å². The van der Waals surface area contributed by atoms with Crippen LogP contribution in [-0.4, -0.2) is 10.2 Å². The van der Waals surface area contributed by atoms with Gasteiger partial charge in [-0.15, -0.1) is 0 Å². The fraction of sp³-hybridized carbons (Fsp3) is 0. The molecule has 1 aromatic heterocycles. The Hall–Kier alpha value is -1.43. The Morgan fingerprint density at radius 1 is 1.20 bits per heavy atom. The van der Waals surface area contributed by atoms with E-state index in [0.29, 0.717) is 4.47 Å². The Bertz CT molecular complexity index is 487. The van der Waals surface area contributed by atoms with Crippen LogP contribution in [0.1, 0.15) is 0 Å². The Kier molecular flexibility index (Phi) is 2.44. The molecule has 15 heavy (non-hydrogen) atoms. The summed E-state index contributed by atoms with van der Waals surface area (Å²) in [7, 11) is 0. The van der Waals surface area contributed by atoms with Gasteiger partial charge in [-0.25, -0.2) is 8.78 Å². The molecule has 0 fully saturated rings. The summed E-state index contributed by atoms with van der Waals surface area (Å²) >= 11 is 2.99. The zero-order valence-electron chi connectivity index (χ0n) is 7.39. The average Bonchev–Trinajstić information content (AvgIpc) is 2.49. The molecule has 0 bridgehead atoms. The van der Waals surface area contributed by atoms with Gasteiger partial charge in [0, 0.05) is 10.5 Å². The van der Waals surface area contributed by atoms with Gasteiger partial charge in [0.15, 0.2) is 0 Å². The lowest BCUT2D eigenvalue weighted by Crippen LogP contribution is -1.90. The lowest BCUT2D eigenvalue weighted by Gasteiger charge is -2.02. The van der Waals surface area contributed by atoms with E-state index in [1.165, 1.54) is 18.2 Å². The number of hydrogen-bond acceptors (Lipinski definition) is 2. The summed E-state index contributed by atoms with van der Waals surface area (Å²) in [6.45, 7) is 0. The molecule has 0 saturated carbocycles. The van der Waals surface area contributed by atoms with Crippen LogP contribution in [-0.2, 0) is 0 Å². The highest BCUT2D eigenvalue weighted by Gasteiger charge is 2.14. The van der Waals surface area contributed by atoms with Gasteiger partial charge in [0.25, 0.3) is 0 Å². The Labute approximate surface area is 92.4 Å². The van der Waals surface area contributed by atoms with Crippen molar-refractivity contribution >= 4 is 21.7 Å². The molecule has 0 aliphatic rings. The van der Waals surface area contributed by atoms with E-state index in [1.54, 1.807) is 0 Å². The number of halogens is 3. The Morgan fingerprint density at radius 3 is 2.27 bits per heavy atom. The van der Waals surface area contributed by atoms with Gasteiger partial charge in [0.05, 0.1) is 11.3 Å². The third kappa shape index (κ3) is 1.85. The number of aromatic nitrogens is 2. The summed E-state index contributed by atoms with van der Waals surface area (Å²) in [5.74, 6) is -1.16. The first-order valence-corrected chi connectivity index (χ1v) is 4.83. The minimum atomic E-state index is -0.675. The number of aromatic amines is 1. The molecular formula is C9H6BrF2N3. The summed E-state index contributed by atoms with van der Waals surface area (Å²) < 4.78 is 27.2. The SMILES string of the molecule is Nc1cc(-c2c(F)cc(Br)cc2F)[nH]n1. The fourth-order valence-corrected chi connectivity index (χ4v) is 1.67. The van der Waals surface area contributed by atoms with Crippen molar-refractivity contribution in [2.45, 2.75) is 0 Å². The number of benzene rings is 1. The molecule has 0 saturated heterocycles. The van der Waals surface area contributed by atoms with E-state index in [0.717, 1.165) is 0 Å².